The number of rotatable bonds is 5. The Kier molecular flexibility index (Phi) is 5.38. The van der Waals surface area contributed by atoms with Crippen LogP contribution in [0, 0.1) is 0 Å². The van der Waals surface area contributed by atoms with Crippen LogP contribution in [-0.4, -0.2) is 31.0 Å². The van der Waals surface area contributed by atoms with Crippen LogP contribution in [0.4, 0.5) is 8.78 Å². The topological polar surface area (TPSA) is 3.24 Å². The molecule has 0 unspecified atom stereocenters. The van der Waals surface area contributed by atoms with E-state index in [1.807, 2.05) is 13.8 Å². The SMILES string of the molecule is CCC(CC)N(C)CC(F)F. The first kappa shape index (κ1) is 10.8. The minimum Gasteiger partial charge on any atom is -0.298 e. The molecule has 0 aliphatic carbocycles. The van der Waals surface area contributed by atoms with Gasteiger partial charge in [-0.05, 0) is 19.9 Å². The maximum Gasteiger partial charge on any atom is 0.251 e. The molecule has 0 N–H and O–H groups in total. The lowest BCUT2D eigenvalue weighted by Gasteiger charge is -2.25. The zero-order valence-corrected chi connectivity index (χ0v) is 7.48. The summed E-state index contributed by atoms with van der Waals surface area (Å²) in [6, 6.07) is 0.309. The first-order valence-corrected chi connectivity index (χ1v) is 4.10. The van der Waals surface area contributed by atoms with E-state index in [0.717, 1.165) is 12.8 Å². The van der Waals surface area contributed by atoms with Crippen LogP contribution in [0.2, 0.25) is 0 Å². The molecule has 0 aliphatic rings. The molecular formula is C8H17F2N. The summed E-state index contributed by atoms with van der Waals surface area (Å²) < 4.78 is 23.8. The Balaban J connectivity index is 3.68. The maximum absolute atomic E-state index is 11.9. The van der Waals surface area contributed by atoms with Crippen molar-refractivity contribution >= 4 is 0 Å². The highest BCUT2D eigenvalue weighted by Crippen LogP contribution is 2.07. The Morgan fingerprint density at radius 1 is 1.18 bits per heavy atom. The summed E-state index contributed by atoms with van der Waals surface area (Å²) in [6.45, 7) is 3.94. The number of hydrogen-bond acceptors (Lipinski definition) is 1. The van der Waals surface area contributed by atoms with E-state index < -0.39 is 6.43 Å². The molecule has 0 spiro atoms. The molecule has 1 nitrogen and oxygen atoms in total. The van der Waals surface area contributed by atoms with E-state index >= 15 is 0 Å². The maximum atomic E-state index is 11.9. The summed E-state index contributed by atoms with van der Waals surface area (Å²) in [5.41, 5.74) is 0. The van der Waals surface area contributed by atoms with Gasteiger partial charge in [0.2, 0.25) is 0 Å². The van der Waals surface area contributed by atoms with Crippen LogP contribution in [0.25, 0.3) is 0 Å². The van der Waals surface area contributed by atoms with Crippen LogP contribution < -0.4 is 0 Å². The summed E-state index contributed by atoms with van der Waals surface area (Å²) >= 11 is 0. The molecule has 0 rings (SSSR count). The van der Waals surface area contributed by atoms with E-state index in [-0.39, 0.29) is 6.54 Å². The zero-order valence-electron chi connectivity index (χ0n) is 7.48. The third-order valence-electron chi connectivity index (χ3n) is 1.99. The van der Waals surface area contributed by atoms with Gasteiger partial charge in [0.05, 0.1) is 6.54 Å². The van der Waals surface area contributed by atoms with Gasteiger partial charge in [-0.15, -0.1) is 0 Å². The monoisotopic (exact) mass is 165 g/mol. The summed E-state index contributed by atoms with van der Waals surface area (Å²) in [6.07, 6.45) is -0.319. The lowest BCUT2D eigenvalue weighted by molar-refractivity contribution is 0.0786. The van der Waals surface area contributed by atoms with Crippen molar-refractivity contribution in [2.45, 2.75) is 39.2 Å². The van der Waals surface area contributed by atoms with E-state index in [2.05, 4.69) is 0 Å². The first-order valence-electron chi connectivity index (χ1n) is 4.10. The van der Waals surface area contributed by atoms with Crippen LogP contribution in [0.15, 0.2) is 0 Å². The van der Waals surface area contributed by atoms with Crippen molar-refractivity contribution in [2.24, 2.45) is 0 Å². The summed E-state index contributed by atoms with van der Waals surface area (Å²) in [5.74, 6) is 0. The zero-order chi connectivity index (χ0) is 8.85. The standard InChI is InChI=1S/C8H17F2N/c1-4-7(5-2)11(3)6-8(9)10/h7-8H,4-6H2,1-3H3. The molecule has 0 amide bonds. The van der Waals surface area contributed by atoms with E-state index in [1.54, 1.807) is 11.9 Å². The van der Waals surface area contributed by atoms with Gasteiger partial charge < -0.3 is 0 Å². The van der Waals surface area contributed by atoms with E-state index in [1.165, 1.54) is 0 Å². The van der Waals surface area contributed by atoms with E-state index in [9.17, 15) is 8.78 Å². The Hall–Kier alpha value is -0.180. The fourth-order valence-corrected chi connectivity index (χ4v) is 1.28. The molecule has 0 bridgehead atoms. The van der Waals surface area contributed by atoms with E-state index in [4.69, 9.17) is 0 Å². The van der Waals surface area contributed by atoms with Gasteiger partial charge in [-0.2, -0.15) is 0 Å². The van der Waals surface area contributed by atoms with Crippen molar-refractivity contribution in [3.05, 3.63) is 0 Å². The molecule has 11 heavy (non-hydrogen) atoms. The second-order valence-corrected chi connectivity index (χ2v) is 2.80. The minimum atomic E-state index is -2.21. The highest BCUT2D eigenvalue weighted by molar-refractivity contribution is 4.65. The molecule has 68 valence electrons. The van der Waals surface area contributed by atoms with Crippen LogP contribution in [0.1, 0.15) is 26.7 Å². The molecule has 0 aromatic heterocycles. The number of nitrogens with zero attached hydrogens (tertiary/aromatic N) is 1. The second-order valence-electron chi connectivity index (χ2n) is 2.80. The normalized spacial score (nSPS) is 12.0. The molecule has 0 radical (unpaired) electrons. The number of alkyl halides is 2. The predicted octanol–water partition coefficient (Wildman–Crippen LogP) is 2.37. The minimum absolute atomic E-state index is 0.105. The van der Waals surface area contributed by atoms with Gasteiger partial charge in [-0.1, -0.05) is 13.8 Å². The average molecular weight is 165 g/mol. The highest BCUT2D eigenvalue weighted by Gasteiger charge is 2.14. The summed E-state index contributed by atoms with van der Waals surface area (Å²) in [7, 11) is 1.75. The fraction of sp³-hybridized carbons (Fsp3) is 1.00. The van der Waals surface area contributed by atoms with Crippen molar-refractivity contribution in [3.8, 4) is 0 Å². The van der Waals surface area contributed by atoms with Gasteiger partial charge in [0, 0.05) is 6.04 Å². The van der Waals surface area contributed by atoms with Crippen LogP contribution in [0.5, 0.6) is 0 Å². The van der Waals surface area contributed by atoms with Crippen LogP contribution >= 0.6 is 0 Å². The Morgan fingerprint density at radius 3 is 1.91 bits per heavy atom. The van der Waals surface area contributed by atoms with Crippen molar-refractivity contribution in [1.29, 1.82) is 0 Å². The second kappa shape index (κ2) is 5.47. The van der Waals surface area contributed by atoms with Gasteiger partial charge in [0.15, 0.2) is 0 Å². The largest absolute Gasteiger partial charge is 0.298 e. The molecule has 0 fully saturated rings. The lowest BCUT2D eigenvalue weighted by Crippen LogP contribution is -2.34. The van der Waals surface area contributed by atoms with Gasteiger partial charge in [-0.3, -0.25) is 4.90 Å². The Bertz CT molecular complexity index is 92.1. The molecular weight excluding hydrogens is 148 g/mol. The predicted molar refractivity (Wildman–Crippen MR) is 43.0 cm³/mol. The van der Waals surface area contributed by atoms with Crippen molar-refractivity contribution in [3.63, 3.8) is 0 Å². The molecule has 0 saturated heterocycles. The van der Waals surface area contributed by atoms with Crippen molar-refractivity contribution in [2.75, 3.05) is 13.6 Å². The molecule has 0 aromatic rings. The van der Waals surface area contributed by atoms with Crippen LogP contribution in [-0.2, 0) is 0 Å². The van der Waals surface area contributed by atoms with Gasteiger partial charge >= 0.3 is 0 Å². The van der Waals surface area contributed by atoms with Crippen molar-refractivity contribution < 1.29 is 8.78 Å². The number of hydrogen-bond donors (Lipinski definition) is 0. The molecule has 0 aliphatic heterocycles. The Morgan fingerprint density at radius 2 is 1.64 bits per heavy atom. The lowest BCUT2D eigenvalue weighted by atomic mass is 10.1. The third-order valence-corrected chi connectivity index (χ3v) is 1.99. The molecule has 0 aromatic carbocycles. The average Bonchev–Trinajstić information content (AvgIpc) is 1.88. The van der Waals surface area contributed by atoms with E-state index in [0.29, 0.717) is 6.04 Å². The van der Waals surface area contributed by atoms with Gasteiger partial charge in [-0.25, -0.2) is 8.78 Å². The molecule has 0 atom stereocenters. The van der Waals surface area contributed by atoms with Gasteiger partial charge in [0.1, 0.15) is 0 Å². The molecule has 0 saturated carbocycles. The highest BCUT2D eigenvalue weighted by atomic mass is 19.3. The Labute approximate surface area is 67.4 Å². The molecule has 3 heteroatoms. The smallest absolute Gasteiger partial charge is 0.251 e. The molecule has 0 heterocycles. The van der Waals surface area contributed by atoms with Crippen molar-refractivity contribution in [1.82, 2.24) is 4.90 Å². The summed E-state index contributed by atoms with van der Waals surface area (Å²) in [5, 5.41) is 0. The van der Waals surface area contributed by atoms with Gasteiger partial charge in [0.25, 0.3) is 6.43 Å². The van der Waals surface area contributed by atoms with Crippen LogP contribution in [0.3, 0.4) is 0 Å². The fourth-order valence-electron chi connectivity index (χ4n) is 1.28. The first-order chi connectivity index (χ1) is 5.11. The summed E-state index contributed by atoms with van der Waals surface area (Å²) in [4.78, 5) is 1.73. The quantitative estimate of drug-likeness (QED) is 0.604. The third kappa shape index (κ3) is 4.30. The number of halogens is 2.